The minimum atomic E-state index is -3.81. The van der Waals surface area contributed by atoms with Crippen LogP contribution in [0, 0.1) is 5.82 Å². The molecule has 2 aromatic carbocycles. The van der Waals surface area contributed by atoms with Crippen molar-refractivity contribution in [1.82, 2.24) is 0 Å². The molecule has 2 aromatic rings. The molecule has 106 valence electrons. The molecule has 0 aliphatic carbocycles. The lowest BCUT2D eigenvalue weighted by atomic mass is 10.3. The Kier molecular flexibility index (Phi) is 4.15. The van der Waals surface area contributed by atoms with Gasteiger partial charge in [-0.1, -0.05) is 11.6 Å². The van der Waals surface area contributed by atoms with E-state index in [4.69, 9.17) is 16.3 Å². The highest BCUT2D eigenvalue weighted by Gasteiger charge is 2.16. The van der Waals surface area contributed by atoms with E-state index in [9.17, 15) is 12.8 Å². The van der Waals surface area contributed by atoms with Crippen LogP contribution in [0.2, 0.25) is 5.02 Å². The van der Waals surface area contributed by atoms with Gasteiger partial charge in [0.1, 0.15) is 11.6 Å². The van der Waals surface area contributed by atoms with Crippen molar-refractivity contribution in [2.24, 2.45) is 0 Å². The van der Waals surface area contributed by atoms with Crippen molar-refractivity contribution in [2.45, 2.75) is 4.90 Å². The van der Waals surface area contributed by atoms with E-state index in [1.807, 2.05) is 0 Å². The number of methoxy groups -OCH3 is 1. The third-order valence-corrected chi connectivity index (χ3v) is 4.21. The number of sulfonamides is 1. The van der Waals surface area contributed by atoms with Crippen LogP contribution in [0.1, 0.15) is 0 Å². The fourth-order valence-corrected chi connectivity index (χ4v) is 2.85. The number of rotatable bonds is 4. The Morgan fingerprint density at radius 3 is 2.35 bits per heavy atom. The summed E-state index contributed by atoms with van der Waals surface area (Å²) in [6.07, 6.45) is 0. The molecule has 0 amide bonds. The molecule has 4 nitrogen and oxygen atoms in total. The van der Waals surface area contributed by atoms with Crippen LogP contribution in [0.3, 0.4) is 0 Å². The monoisotopic (exact) mass is 315 g/mol. The van der Waals surface area contributed by atoms with Gasteiger partial charge < -0.3 is 4.74 Å². The van der Waals surface area contributed by atoms with Gasteiger partial charge in [0.2, 0.25) is 0 Å². The summed E-state index contributed by atoms with van der Waals surface area (Å²) in [7, 11) is -2.30. The van der Waals surface area contributed by atoms with Gasteiger partial charge in [-0.05, 0) is 42.5 Å². The van der Waals surface area contributed by atoms with Crippen molar-refractivity contribution in [3.8, 4) is 5.75 Å². The fraction of sp³-hybridized carbons (Fsp3) is 0.0769. The Hall–Kier alpha value is -1.79. The molecule has 0 atom stereocenters. The van der Waals surface area contributed by atoms with Gasteiger partial charge in [0.15, 0.2) is 0 Å². The summed E-state index contributed by atoms with van der Waals surface area (Å²) in [6.45, 7) is 0. The minimum Gasteiger partial charge on any atom is -0.497 e. The van der Waals surface area contributed by atoms with E-state index in [-0.39, 0.29) is 9.92 Å². The van der Waals surface area contributed by atoms with Gasteiger partial charge in [0, 0.05) is 5.69 Å². The lowest BCUT2D eigenvalue weighted by molar-refractivity contribution is 0.415. The number of hydrogen-bond donors (Lipinski definition) is 1. The summed E-state index contributed by atoms with van der Waals surface area (Å²) in [5, 5.41) is -0.248. The Bertz CT molecular complexity index is 717. The number of ether oxygens (including phenoxy) is 1. The smallest absolute Gasteiger partial charge is 0.261 e. The molecule has 7 heteroatoms. The van der Waals surface area contributed by atoms with E-state index in [0.29, 0.717) is 11.4 Å². The second kappa shape index (κ2) is 5.68. The molecule has 0 aliphatic heterocycles. The maximum absolute atomic E-state index is 13.0. The molecule has 0 fully saturated rings. The molecule has 0 saturated carbocycles. The molecule has 0 spiro atoms. The fourth-order valence-electron chi connectivity index (χ4n) is 1.52. The predicted octanol–water partition coefficient (Wildman–Crippen LogP) is 3.29. The summed E-state index contributed by atoms with van der Waals surface area (Å²) >= 11 is 5.58. The topological polar surface area (TPSA) is 55.4 Å². The Morgan fingerprint density at radius 1 is 1.15 bits per heavy atom. The van der Waals surface area contributed by atoms with Crippen molar-refractivity contribution in [2.75, 3.05) is 11.8 Å². The van der Waals surface area contributed by atoms with Crippen LogP contribution < -0.4 is 9.46 Å². The first-order valence-electron chi connectivity index (χ1n) is 5.54. The zero-order valence-corrected chi connectivity index (χ0v) is 12.0. The van der Waals surface area contributed by atoms with Crippen LogP contribution in [0.15, 0.2) is 47.4 Å². The maximum atomic E-state index is 13.0. The summed E-state index contributed by atoms with van der Waals surface area (Å²) in [5.41, 5.74) is 0.367. The van der Waals surface area contributed by atoms with Crippen molar-refractivity contribution in [3.63, 3.8) is 0 Å². The van der Waals surface area contributed by atoms with Gasteiger partial charge in [0.05, 0.1) is 17.0 Å². The van der Waals surface area contributed by atoms with Crippen LogP contribution in [0.4, 0.5) is 10.1 Å². The average molecular weight is 316 g/mol. The van der Waals surface area contributed by atoms with E-state index in [0.717, 1.165) is 18.2 Å². The maximum Gasteiger partial charge on any atom is 0.261 e. The molecule has 0 aromatic heterocycles. The molecule has 0 unspecified atom stereocenters. The first kappa shape index (κ1) is 14.6. The highest BCUT2D eigenvalue weighted by atomic mass is 35.5. The second-order valence-electron chi connectivity index (χ2n) is 3.91. The van der Waals surface area contributed by atoms with Gasteiger partial charge >= 0.3 is 0 Å². The zero-order valence-electron chi connectivity index (χ0n) is 10.4. The van der Waals surface area contributed by atoms with Gasteiger partial charge in [-0.3, -0.25) is 4.72 Å². The summed E-state index contributed by atoms with van der Waals surface area (Å²) in [5.74, 6) is -0.0622. The average Bonchev–Trinajstić information content (AvgIpc) is 2.42. The number of nitrogens with one attached hydrogen (secondary N) is 1. The van der Waals surface area contributed by atoms with Crippen LogP contribution in [0.5, 0.6) is 5.75 Å². The first-order valence-corrected chi connectivity index (χ1v) is 7.40. The zero-order chi connectivity index (χ0) is 14.8. The van der Waals surface area contributed by atoms with E-state index in [1.165, 1.54) is 7.11 Å². The highest BCUT2D eigenvalue weighted by Crippen LogP contribution is 2.22. The standard InChI is InChI=1S/C13H11ClFNO3S/c1-19-10-4-2-9(3-5-10)16-20(17,18)11-6-7-13(15)12(14)8-11/h2-8,16H,1H3. The molecule has 0 saturated heterocycles. The van der Waals surface area contributed by atoms with Crippen molar-refractivity contribution in [1.29, 1.82) is 0 Å². The summed E-state index contributed by atoms with van der Waals surface area (Å²) in [4.78, 5) is -0.111. The normalized spacial score (nSPS) is 11.2. The highest BCUT2D eigenvalue weighted by molar-refractivity contribution is 7.92. The molecule has 0 heterocycles. The van der Waals surface area contributed by atoms with Crippen LogP contribution >= 0.6 is 11.6 Å². The summed E-state index contributed by atoms with van der Waals surface area (Å²) < 4.78 is 44.6. The van der Waals surface area contributed by atoms with Gasteiger partial charge in [-0.2, -0.15) is 0 Å². The lowest BCUT2D eigenvalue weighted by Gasteiger charge is -2.09. The van der Waals surface area contributed by atoms with Crippen molar-refractivity contribution < 1.29 is 17.5 Å². The third-order valence-electron chi connectivity index (χ3n) is 2.54. The quantitative estimate of drug-likeness (QED) is 0.942. The van der Waals surface area contributed by atoms with Crippen molar-refractivity contribution >= 4 is 27.3 Å². The van der Waals surface area contributed by atoms with E-state index >= 15 is 0 Å². The lowest BCUT2D eigenvalue weighted by Crippen LogP contribution is -2.13. The first-order chi connectivity index (χ1) is 9.42. The minimum absolute atomic E-state index is 0.111. The molecule has 0 radical (unpaired) electrons. The van der Waals surface area contributed by atoms with Gasteiger partial charge in [-0.25, -0.2) is 12.8 Å². The van der Waals surface area contributed by atoms with E-state index in [1.54, 1.807) is 24.3 Å². The van der Waals surface area contributed by atoms with E-state index in [2.05, 4.69) is 4.72 Å². The SMILES string of the molecule is COc1ccc(NS(=O)(=O)c2ccc(F)c(Cl)c2)cc1. The van der Waals surface area contributed by atoms with Crippen LogP contribution in [0.25, 0.3) is 0 Å². The van der Waals surface area contributed by atoms with Crippen LogP contribution in [-0.2, 0) is 10.0 Å². The molecular weight excluding hydrogens is 305 g/mol. The van der Waals surface area contributed by atoms with Crippen LogP contribution in [-0.4, -0.2) is 15.5 Å². The van der Waals surface area contributed by atoms with Gasteiger partial charge in [0.25, 0.3) is 10.0 Å². The largest absolute Gasteiger partial charge is 0.497 e. The number of benzene rings is 2. The molecule has 1 N–H and O–H groups in total. The van der Waals surface area contributed by atoms with Crippen molar-refractivity contribution in [3.05, 3.63) is 53.3 Å². The number of hydrogen-bond acceptors (Lipinski definition) is 3. The second-order valence-corrected chi connectivity index (χ2v) is 6.00. The van der Waals surface area contributed by atoms with Gasteiger partial charge in [-0.15, -0.1) is 0 Å². The Labute approximate surface area is 121 Å². The predicted molar refractivity (Wildman–Crippen MR) is 75.2 cm³/mol. The Balaban J connectivity index is 2.27. The number of anilines is 1. The Morgan fingerprint density at radius 2 is 1.80 bits per heavy atom. The number of halogens is 2. The molecule has 0 bridgehead atoms. The molecular formula is C13H11ClFNO3S. The summed E-state index contributed by atoms with van der Waals surface area (Å²) in [6, 6.07) is 9.56. The van der Waals surface area contributed by atoms with E-state index < -0.39 is 15.8 Å². The molecule has 0 aliphatic rings. The third kappa shape index (κ3) is 3.20. The molecule has 20 heavy (non-hydrogen) atoms. The molecule has 2 rings (SSSR count).